The normalized spacial score (nSPS) is 18.3. The first-order valence-corrected chi connectivity index (χ1v) is 11.2. The summed E-state index contributed by atoms with van der Waals surface area (Å²) in [5.41, 5.74) is 1.37. The van der Waals surface area contributed by atoms with Crippen LogP contribution in [-0.4, -0.2) is 56.0 Å². The summed E-state index contributed by atoms with van der Waals surface area (Å²) in [6, 6.07) is 10.6. The van der Waals surface area contributed by atoms with E-state index in [1.807, 2.05) is 13.0 Å². The molecule has 1 atom stereocenters. The highest BCUT2D eigenvalue weighted by Gasteiger charge is 2.29. The lowest BCUT2D eigenvalue weighted by Crippen LogP contribution is -2.40. The van der Waals surface area contributed by atoms with Crippen LogP contribution >= 0.6 is 24.0 Å². The molecule has 0 bridgehead atoms. The molecule has 1 N–H and O–H groups in total. The number of hydrogen-bond donors (Lipinski definition) is 1. The van der Waals surface area contributed by atoms with Gasteiger partial charge in [0, 0.05) is 19.6 Å². The summed E-state index contributed by atoms with van der Waals surface area (Å²) in [5.74, 6) is 1.54. The molecule has 1 aromatic carbocycles. The fourth-order valence-corrected chi connectivity index (χ4v) is 4.09. The van der Waals surface area contributed by atoms with Gasteiger partial charge in [-0.15, -0.1) is 24.0 Å². The molecule has 27 heavy (non-hydrogen) atoms. The third-order valence-corrected chi connectivity index (χ3v) is 7.43. The Balaban J connectivity index is 0.00000364. The third kappa shape index (κ3) is 7.25. The van der Waals surface area contributed by atoms with Gasteiger partial charge in [-0.25, -0.2) is 8.42 Å². The average molecular weight is 507 g/mol. The largest absolute Gasteiger partial charge is 0.357 e. The van der Waals surface area contributed by atoms with E-state index in [1.165, 1.54) is 5.56 Å². The van der Waals surface area contributed by atoms with Crippen molar-refractivity contribution in [2.45, 2.75) is 45.3 Å². The number of guanidine groups is 1. The van der Waals surface area contributed by atoms with Crippen LogP contribution in [0.2, 0.25) is 0 Å². The first-order chi connectivity index (χ1) is 12.2. The zero-order chi connectivity index (χ0) is 19.2. The Morgan fingerprint density at radius 1 is 1.26 bits per heavy atom. The molecule has 1 aliphatic heterocycles. The second kappa shape index (κ2) is 10.6. The number of sulfone groups is 1. The van der Waals surface area contributed by atoms with Crippen LogP contribution in [0.3, 0.4) is 0 Å². The Labute approximate surface area is 182 Å². The number of nitrogens with zero attached hydrogens (tertiary/aromatic N) is 2. The molecule has 1 saturated heterocycles. The highest BCUT2D eigenvalue weighted by Crippen LogP contribution is 2.21. The average Bonchev–Trinajstić information content (AvgIpc) is 3.02. The molecule has 0 spiro atoms. The molecule has 0 amide bonds. The number of likely N-dealkylation sites (tertiary alicyclic amines) is 1. The van der Waals surface area contributed by atoms with Gasteiger partial charge in [-0.1, -0.05) is 30.3 Å². The van der Waals surface area contributed by atoms with Crippen molar-refractivity contribution in [2.24, 2.45) is 10.9 Å². The van der Waals surface area contributed by atoms with Gasteiger partial charge < -0.3 is 10.2 Å². The number of benzene rings is 1. The van der Waals surface area contributed by atoms with Crippen molar-refractivity contribution < 1.29 is 8.42 Å². The molecule has 2 rings (SSSR count). The molecule has 0 saturated carbocycles. The predicted molar refractivity (Wildman–Crippen MR) is 125 cm³/mol. The Kier molecular flexibility index (Phi) is 9.54. The number of hydrogen-bond acceptors (Lipinski definition) is 3. The van der Waals surface area contributed by atoms with E-state index < -0.39 is 14.6 Å². The molecule has 5 nitrogen and oxygen atoms in total. The molecule has 0 aromatic heterocycles. The molecule has 1 unspecified atom stereocenters. The van der Waals surface area contributed by atoms with Crippen LogP contribution < -0.4 is 5.32 Å². The lowest BCUT2D eigenvalue weighted by Gasteiger charge is -2.22. The standard InChI is InChI=1S/C20H33N3O2S.HI/c1-5-21-19(22-12-14-26(24,25)20(2,3)4)23-13-11-18(16-23)15-17-9-7-6-8-10-17;/h6-10,18H,5,11-16H2,1-4H3,(H,21,22);1H. The van der Waals surface area contributed by atoms with E-state index in [-0.39, 0.29) is 29.7 Å². The van der Waals surface area contributed by atoms with Gasteiger partial charge >= 0.3 is 0 Å². The minimum atomic E-state index is -3.14. The van der Waals surface area contributed by atoms with Crippen LogP contribution in [0.5, 0.6) is 0 Å². The van der Waals surface area contributed by atoms with Crippen LogP contribution in [-0.2, 0) is 16.3 Å². The molecular formula is C20H34IN3O2S. The van der Waals surface area contributed by atoms with Gasteiger partial charge in [0.25, 0.3) is 0 Å². The van der Waals surface area contributed by atoms with Gasteiger partial charge in [-0.3, -0.25) is 4.99 Å². The Hall–Kier alpha value is -0.830. The maximum atomic E-state index is 12.3. The molecule has 1 heterocycles. The van der Waals surface area contributed by atoms with Crippen LogP contribution in [0.1, 0.15) is 39.7 Å². The monoisotopic (exact) mass is 507 g/mol. The Morgan fingerprint density at radius 3 is 2.52 bits per heavy atom. The molecule has 0 aliphatic carbocycles. The molecule has 0 radical (unpaired) electrons. The zero-order valence-electron chi connectivity index (χ0n) is 16.9. The van der Waals surface area contributed by atoms with Gasteiger partial charge in [0.1, 0.15) is 0 Å². The fourth-order valence-electron chi connectivity index (χ4n) is 3.14. The second-order valence-electron chi connectivity index (χ2n) is 7.96. The lowest BCUT2D eigenvalue weighted by molar-refractivity contribution is 0.460. The Morgan fingerprint density at radius 2 is 1.93 bits per heavy atom. The summed E-state index contributed by atoms with van der Waals surface area (Å²) in [7, 11) is -3.14. The van der Waals surface area contributed by atoms with Gasteiger partial charge in [0.15, 0.2) is 15.8 Å². The highest BCUT2D eigenvalue weighted by molar-refractivity contribution is 14.0. The van der Waals surface area contributed by atoms with Gasteiger partial charge in [0.05, 0.1) is 17.0 Å². The van der Waals surface area contributed by atoms with Crippen molar-refractivity contribution in [1.82, 2.24) is 10.2 Å². The SMILES string of the molecule is CCNC(=NCCS(=O)(=O)C(C)(C)C)N1CCC(Cc2ccccc2)C1.I. The van der Waals surface area contributed by atoms with Crippen molar-refractivity contribution in [3.8, 4) is 0 Å². The van der Waals surface area contributed by atoms with Crippen LogP contribution in [0.15, 0.2) is 35.3 Å². The summed E-state index contributed by atoms with van der Waals surface area (Å²) < 4.78 is 23.8. The number of halogens is 1. The fraction of sp³-hybridized carbons (Fsp3) is 0.650. The number of rotatable bonds is 6. The van der Waals surface area contributed by atoms with Crippen molar-refractivity contribution in [3.05, 3.63) is 35.9 Å². The molecule has 1 fully saturated rings. The minimum Gasteiger partial charge on any atom is -0.357 e. The van der Waals surface area contributed by atoms with Crippen molar-refractivity contribution in [1.29, 1.82) is 0 Å². The smallest absolute Gasteiger partial charge is 0.193 e. The van der Waals surface area contributed by atoms with Crippen LogP contribution in [0.4, 0.5) is 0 Å². The van der Waals surface area contributed by atoms with E-state index in [0.717, 1.165) is 38.4 Å². The minimum absolute atomic E-state index is 0. The maximum Gasteiger partial charge on any atom is 0.193 e. The zero-order valence-corrected chi connectivity index (χ0v) is 20.1. The van der Waals surface area contributed by atoms with E-state index in [9.17, 15) is 8.42 Å². The van der Waals surface area contributed by atoms with E-state index in [0.29, 0.717) is 12.5 Å². The first-order valence-electron chi connectivity index (χ1n) is 9.52. The maximum absolute atomic E-state index is 12.3. The molecule has 1 aromatic rings. The van der Waals surface area contributed by atoms with E-state index >= 15 is 0 Å². The Bertz CT molecular complexity index is 700. The molecule has 154 valence electrons. The molecule has 7 heteroatoms. The summed E-state index contributed by atoms with van der Waals surface area (Å²) in [6.07, 6.45) is 2.22. The second-order valence-corrected chi connectivity index (χ2v) is 10.8. The summed E-state index contributed by atoms with van der Waals surface area (Å²) >= 11 is 0. The van der Waals surface area contributed by atoms with Crippen LogP contribution in [0, 0.1) is 5.92 Å². The highest BCUT2D eigenvalue weighted by atomic mass is 127. The quantitative estimate of drug-likeness (QED) is 0.365. The van der Waals surface area contributed by atoms with Gasteiger partial charge in [-0.2, -0.15) is 0 Å². The van der Waals surface area contributed by atoms with Crippen molar-refractivity contribution in [2.75, 3.05) is 31.9 Å². The van der Waals surface area contributed by atoms with Crippen molar-refractivity contribution >= 4 is 39.8 Å². The van der Waals surface area contributed by atoms with Crippen molar-refractivity contribution in [3.63, 3.8) is 0 Å². The third-order valence-electron chi connectivity index (χ3n) is 4.84. The number of aliphatic imine (C=N–C) groups is 1. The van der Waals surface area contributed by atoms with Gasteiger partial charge in [-0.05, 0) is 52.0 Å². The van der Waals surface area contributed by atoms with Crippen LogP contribution in [0.25, 0.3) is 0 Å². The van der Waals surface area contributed by atoms with E-state index in [4.69, 9.17) is 0 Å². The topological polar surface area (TPSA) is 61.8 Å². The van der Waals surface area contributed by atoms with Gasteiger partial charge in [0.2, 0.25) is 0 Å². The summed E-state index contributed by atoms with van der Waals surface area (Å²) in [4.78, 5) is 6.85. The summed E-state index contributed by atoms with van der Waals surface area (Å²) in [5, 5.41) is 3.32. The molecule has 1 aliphatic rings. The first kappa shape index (κ1) is 24.2. The molecular weight excluding hydrogens is 473 g/mol. The van der Waals surface area contributed by atoms with E-state index in [2.05, 4.69) is 39.5 Å². The predicted octanol–water partition coefficient (Wildman–Crippen LogP) is 3.35. The number of nitrogens with one attached hydrogen (secondary N) is 1. The summed E-state index contributed by atoms with van der Waals surface area (Å²) in [6.45, 7) is 10.3. The lowest BCUT2D eigenvalue weighted by atomic mass is 9.99. The van der Waals surface area contributed by atoms with E-state index in [1.54, 1.807) is 20.8 Å².